The van der Waals surface area contributed by atoms with Crippen LogP contribution in [0.1, 0.15) is 23.6 Å². The molecule has 0 fully saturated rings. The van der Waals surface area contributed by atoms with Gasteiger partial charge in [-0.15, -0.1) is 0 Å². The largest absolute Gasteiger partial charge is 0.491 e. The summed E-state index contributed by atoms with van der Waals surface area (Å²) in [5.74, 6) is 1.39. The molecule has 4 nitrogen and oxygen atoms in total. The molecule has 0 unspecified atom stereocenters. The minimum Gasteiger partial charge on any atom is -0.491 e. The van der Waals surface area contributed by atoms with Crippen molar-refractivity contribution in [2.24, 2.45) is 0 Å². The van der Waals surface area contributed by atoms with Crippen LogP contribution in [-0.4, -0.2) is 25.2 Å². The zero-order valence-electron chi connectivity index (χ0n) is 14.8. The number of carbonyl (C=O) groups is 1. The number of aryl methyl sites for hydroxylation is 3. The highest BCUT2D eigenvalue weighted by atomic mass is 16.5. The number of nitrogens with one attached hydrogen (secondary N) is 1. The standard InChI is InChI=1S/C20H25NO3/c1-14-9-10-18(11-16(14)3)23-13-20(22)21-17(4)12-24-19-8-6-5-7-15(19)2/h5-11,17H,12-13H2,1-4H3,(H,21,22)/t17-/m0/s1. The van der Waals surface area contributed by atoms with Crippen LogP contribution in [0, 0.1) is 20.8 Å². The van der Waals surface area contributed by atoms with E-state index in [-0.39, 0.29) is 18.6 Å². The molecule has 0 bridgehead atoms. The van der Waals surface area contributed by atoms with Crippen molar-refractivity contribution in [2.45, 2.75) is 33.7 Å². The summed E-state index contributed by atoms with van der Waals surface area (Å²) in [6, 6.07) is 13.5. The van der Waals surface area contributed by atoms with Crippen LogP contribution in [0.25, 0.3) is 0 Å². The SMILES string of the molecule is Cc1ccc(OCC(=O)N[C@@H](C)COc2ccccc2C)cc1C. The first-order chi connectivity index (χ1) is 11.5. The molecule has 1 amide bonds. The first-order valence-electron chi connectivity index (χ1n) is 8.13. The Kier molecular flexibility index (Phi) is 6.24. The van der Waals surface area contributed by atoms with Crippen LogP contribution in [0.15, 0.2) is 42.5 Å². The van der Waals surface area contributed by atoms with E-state index >= 15 is 0 Å². The van der Waals surface area contributed by atoms with Crippen LogP contribution in [-0.2, 0) is 4.79 Å². The molecule has 0 heterocycles. The third-order valence-corrected chi connectivity index (χ3v) is 3.84. The molecular weight excluding hydrogens is 302 g/mol. The highest BCUT2D eigenvalue weighted by Crippen LogP contribution is 2.17. The molecular formula is C20H25NO3. The first kappa shape index (κ1) is 17.9. The monoisotopic (exact) mass is 327 g/mol. The molecule has 0 radical (unpaired) electrons. The van der Waals surface area contributed by atoms with Crippen molar-refractivity contribution in [1.82, 2.24) is 5.32 Å². The lowest BCUT2D eigenvalue weighted by Crippen LogP contribution is -2.39. The summed E-state index contributed by atoms with van der Waals surface area (Å²) in [7, 11) is 0. The smallest absolute Gasteiger partial charge is 0.258 e. The van der Waals surface area contributed by atoms with E-state index in [9.17, 15) is 4.79 Å². The van der Waals surface area contributed by atoms with Crippen LogP contribution < -0.4 is 14.8 Å². The third-order valence-electron chi connectivity index (χ3n) is 3.84. The fourth-order valence-electron chi connectivity index (χ4n) is 2.24. The van der Waals surface area contributed by atoms with Crippen molar-refractivity contribution in [1.29, 1.82) is 0 Å². The van der Waals surface area contributed by atoms with E-state index in [2.05, 4.69) is 5.32 Å². The van der Waals surface area contributed by atoms with Gasteiger partial charge in [0.15, 0.2) is 6.61 Å². The van der Waals surface area contributed by atoms with Gasteiger partial charge in [-0.25, -0.2) is 0 Å². The van der Waals surface area contributed by atoms with Gasteiger partial charge in [0.05, 0.1) is 6.04 Å². The maximum absolute atomic E-state index is 12.0. The average Bonchev–Trinajstić information content (AvgIpc) is 2.55. The summed E-state index contributed by atoms with van der Waals surface area (Å²) in [6.07, 6.45) is 0. The van der Waals surface area contributed by atoms with Gasteiger partial charge in [0.1, 0.15) is 18.1 Å². The summed E-state index contributed by atoms with van der Waals surface area (Å²) in [5, 5.41) is 2.88. The van der Waals surface area contributed by atoms with Crippen LogP contribution in [0.2, 0.25) is 0 Å². The van der Waals surface area contributed by atoms with E-state index < -0.39 is 0 Å². The molecule has 24 heavy (non-hydrogen) atoms. The van der Waals surface area contributed by atoms with Gasteiger partial charge in [-0.05, 0) is 62.6 Å². The van der Waals surface area contributed by atoms with Crippen molar-refractivity contribution in [2.75, 3.05) is 13.2 Å². The molecule has 0 spiro atoms. The maximum atomic E-state index is 12.0. The van der Waals surface area contributed by atoms with Crippen molar-refractivity contribution < 1.29 is 14.3 Å². The van der Waals surface area contributed by atoms with E-state index in [0.717, 1.165) is 16.9 Å². The van der Waals surface area contributed by atoms with Gasteiger partial charge in [0.25, 0.3) is 5.91 Å². The summed E-state index contributed by atoms with van der Waals surface area (Å²) in [5.41, 5.74) is 3.43. The lowest BCUT2D eigenvalue weighted by molar-refractivity contribution is -0.123. The highest BCUT2D eigenvalue weighted by Gasteiger charge is 2.10. The molecule has 1 N–H and O–H groups in total. The van der Waals surface area contributed by atoms with Crippen LogP contribution in [0.4, 0.5) is 0 Å². The molecule has 0 saturated carbocycles. The Balaban J connectivity index is 1.75. The zero-order valence-corrected chi connectivity index (χ0v) is 14.8. The fourth-order valence-corrected chi connectivity index (χ4v) is 2.24. The Labute approximate surface area is 143 Å². The number of ether oxygens (including phenoxy) is 2. The number of carbonyl (C=O) groups excluding carboxylic acids is 1. The highest BCUT2D eigenvalue weighted by molar-refractivity contribution is 5.77. The molecule has 2 aromatic rings. The van der Waals surface area contributed by atoms with Gasteiger partial charge in [0.2, 0.25) is 0 Å². The van der Waals surface area contributed by atoms with Gasteiger partial charge < -0.3 is 14.8 Å². The molecule has 1 atom stereocenters. The van der Waals surface area contributed by atoms with Crippen LogP contribution >= 0.6 is 0 Å². The number of rotatable bonds is 7. The number of hydrogen-bond donors (Lipinski definition) is 1. The van der Waals surface area contributed by atoms with Crippen molar-refractivity contribution in [3.05, 3.63) is 59.2 Å². The second-order valence-corrected chi connectivity index (χ2v) is 6.08. The van der Waals surface area contributed by atoms with E-state index in [0.29, 0.717) is 12.4 Å². The van der Waals surface area contributed by atoms with Crippen molar-refractivity contribution >= 4 is 5.91 Å². The molecule has 0 aliphatic heterocycles. The summed E-state index contributed by atoms with van der Waals surface area (Å²) < 4.78 is 11.3. The van der Waals surface area contributed by atoms with Crippen LogP contribution in [0.5, 0.6) is 11.5 Å². The average molecular weight is 327 g/mol. The van der Waals surface area contributed by atoms with E-state index in [1.807, 2.05) is 70.2 Å². The molecule has 0 aromatic heterocycles. The van der Waals surface area contributed by atoms with E-state index in [1.54, 1.807) is 0 Å². The molecule has 2 rings (SSSR count). The number of amides is 1. The molecule has 0 saturated heterocycles. The Morgan fingerprint density at radius 2 is 1.75 bits per heavy atom. The maximum Gasteiger partial charge on any atom is 0.258 e. The predicted molar refractivity (Wildman–Crippen MR) is 95.7 cm³/mol. The van der Waals surface area contributed by atoms with Crippen molar-refractivity contribution in [3.8, 4) is 11.5 Å². The van der Waals surface area contributed by atoms with Gasteiger partial charge in [0, 0.05) is 0 Å². The second-order valence-electron chi connectivity index (χ2n) is 6.08. The number of benzene rings is 2. The molecule has 0 aliphatic carbocycles. The molecule has 2 aromatic carbocycles. The van der Waals surface area contributed by atoms with E-state index in [4.69, 9.17) is 9.47 Å². The quantitative estimate of drug-likeness (QED) is 0.845. The predicted octanol–water partition coefficient (Wildman–Crippen LogP) is 3.57. The molecule has 128 valence electrons. The molecule has 4 heteroatoms. The Hall–Kier alpha value is -2.49. The summed E-state index contributed by atoms with van der Waals surface area (Å²) in [4.78, 5) is 12.0. The van der Waals surface area contributed by atoms with E-state index in [1.165, 1.54) is 5.56 Å². The number of para-hydroxylation sites is 1. The summed E-state index contributed by atoms with van der Waals surface area (Å²) >= 11 is 0. The fraction of sp³-hybridized carbons (Fsp3) is 0.350. The molecule has 0 aliphatic rings. The normalized spacial score (nSPS) is 11.7. The lowest BCUT2D eigenvalue weighted by atomic mass is 10.1. The number of hydrogen-bond acceptors (Lipinski definition) is 3. The van der Waals surface area contributed by atoms with Gasteiger partial charge >= 0.3 is 0 Å². The third kappa shape index (κ3) is 5.30. The first-order valence-corrected chi connectivity index (χ1v) is 8.13. The minimum atomic E-state index is -0.158. The topological polar surface area (TPSA) is 47.6 Å². The van der Waals surface area contributed by atoms with Gasteiger partial charge in [-0.3, -0.25) is 4.79 Å². The Morgan fingerprint density at radius 1 is 1.00 bits per heavy atom. The lowest BCUT2D eigenvalue weighted by Gasteiger charge is -2.16. The Bertz CT molecular complexity index is 697. The van der Waals surface area contributed by atoms with Gasteiger partial charge in [-0.1, -0.05) is 24.3 Å². The van der Waals surface area contributed by atoms with Crippen LogP contribution in [0.3, 0.4) is 0 Å². The Morgan fingerprint density at radius 3 is 2.46 bits per heavy atom. The summed E-state index contributed by atoms with van der Waals surface area (Å²) in [6.45, 7) is 8.38. The minimum absolute atomic E-state index is 0.00277. The second kappa shape index (κ2) is 8.39. The van der Waals surface area contributed by atoms with Crippen molar-refractivity contribution in [3.63, 3.8) is 0 Å². The zero-order chi connectivity index (χ0) is 17.5. The van der Waals surface area contributed by atoms with Gasteiger partial charge in [-0.2, -0.15) is 0 Å².